The van der Waals surface area contributed by atoms with Gasteiger partial charge in [-0.15, -0.1) is 11.3 Å². The van der Waals surface area contributed by atoms with Crippen LogP contribution in [0.1, 0.15) is 10.4 Å². The number of hydrogen-bond donors (Lipinski definition) is 2. The van der Waals surface area contributed by atoms with Gasteiger partial charge in [-0.1, -0.05) is 23.7 Å². The first-order valence-electron chi connectivity index (χ1n) is 6.44. The number of rotatable bonds is 5. The molecule has 20 heavy (non-hydrogen) atoms. The van der Waals surface area contributed by atoms with Crippen LogP contribution in [0.3, 0.4) is 0 Å². The molecule has 0 aliphatic heterocycles. The first-order chi connectivity index (χ1) is 9.54. The topological polar surface area (TPSA) is 33.5 Å². The van der Waals surface area contributed by atoms with Gasteiger partial charge in [0, 0.05) is 10.7 Å². The Labute approximate surface area is 128 Å². The largest absolute Gasteiger partial charge is 0.325 e. The minimum atomic E-state index is 0.00410. The zero-order valence-corrected chi connectivity index (χ0v) is 13.1. The number of quaternary nitrogens is 1. The first-order valence-corrected chi connectivity index (χ1v) is 7.70. The summed E-state index contributed by atoms with van der Waals surface area (Å²) in [6.45, 7) is 3.25. The van der Waals surface area contributed by atoms with Crippen LogP contribution in [0.5, 0.6) is 0 Å². The molecule has 1 unspecified atom stereocenters. The number of halogens is 1. The van der Waals surface area contributed by atoms with E-state index in [4.69, 9.17) is 11.6 Å². The van der Waals surface area contributed by atoms with Gasteiger partial charge >= 0.3 is 0 Å². The third kappa shape index (κ3) is 4.34. The van der Waals surface area contributed by atoms with Crippen molar-refractivity contribution in [1.82, 2.24) is 0 Å². The van der Waals surface area contributed by atoms with Gasteiger partial charge in [-0.05, 0) is 36.1 Å². The minimum Gasteiger partial charge on any atom is -0.325 e. The molecule has 0 aliphatic rings. The lowest BCUT2D eigenvalue weighted by Gasteiger charge is -2.14. The summed E-state index contributed by atoms with van der Waals surface area (Å²) in [7, 11) is 2.02. The van der Waals surface area contributed by atoms with Crippen molar-refractivity contribution in [3.8, 4) is 0 Å². The molecule has 0 radical (unpaired) electrons. The molecule has 1 aromatic heterocycles. The van der Waals surface area contributed by atoms with Crippen LogP contribution in [0, 0.1) is 6.92 Å². The standard InChI is InChI=1S/C15H17ClN2OS/c1-11-5-6-12(16)8-14(11)17-15(19)10-18(2)9-13-4-3-7-20-13/h3-8H,9-10H2,1-2H3,(H,17,19)/p+1. The summed E-state index contributed by atoms with van der Waals surface area (Å²) in [4.78, 5) is 14.5. The van der Waals surface area contributed by atoms with Crippen LogP contribution >= 0.6 is 22.9 Å². The Morgan fingerprint density at radius 1 is 1.40 bits per heavy atom. The summed E-state index contributed by atoms with van der Waals surface area (Å²) < 4.78 is 0. The van der Waals surface area contributed by atoms with Gasteiger partial charge in [0.05, 0.1) is 11.9 Å². The number of aryl methyl sites for hydroxylation is 1. The fourth-order valence-electron chi connectivity index (χ4n) is 1.97. The summed E-state index contributed by atoms with van der Waals surface area (Å²) in [6, 6.07) is 9.63. The Balaban J connectivity index is 1.90. The average molecular weight is 310 g/mol. The number of carbonyl (C=O) groups is 1. The number of carbonyl (C=O) groups excluding carboxylic acids is 1. The minimum absolute atomic E-state index is 0.00410. The van der Waals surface area contributed by atoms with E-state index in [1.165, 1.54) is 4.88 Å². The Kier molecular flexibility index (Phi) is 5.17. The number of benzene rings is 1. The van der Waals surface area contributed by atoms with E-state index >= 15 is 0 Å². The number of hydrogen-bond acceptors (Lipinski definition) is 2. The zero-order chi connectivity index (χ0) is 14.5. The molecule has 1 amide bonds. The van der Waals surface area contributed by atoms with Crippen molar-refractivity contribution in [2.24, 2.45) is 0 Å². The highest BCUT2D eigenvalue weighted by Crippen LogP contribution is 2.19. The van der Waals surface area contributed by atoms with Crippen molar-refractivity contribution in [1.29, 1.82) is 0 Å². The maximum absolute atomic E-state index is 12.0. The van der Waals surface area contributed by atoms with E-state index in [-0.39, 0.29) is 5.91 Å². The van der Waals surface area contributed by atoms with Gasteiger partial charge in [0.25, 0.3) is 5.91 Å². The summed E-state index contributed by atoms with van der Waals surface area (Å²) in [6.07, 6.45) is 0. The summed E-state index contributed by atoms with van der Waals surface area (Å²) >= 11 is 7.66. The second kappa shape index (κ2) is 6.88. The molecule has 2 rings (SSSR count). The Hall–Kier alpha value is -1.36. The van der Waals surface area contributed by atoms with Gasteiger partial charge in [0.15, 0.2) is 6.54 Å². The molecule has 2 N–H and O–H groups in total. The van der Waals surface area contributed by atoms with E-state index in [0.717, 1.165) is 22.7 Å². The van der Waals surface area contributed by atoms with E-state index in [9.17, 15) is 4.79 Å². The quantitative estimate of drug-likeness (QED) is 0.873. The van der Waals surface area contributed by atoms with E-state index in [1.807, 2.05) is 32.2 Å². The lowest BCUT2D eigenvalue weighted by atomic mass is 10.2. The Bertz CT molecular complexity index is 584. The molecular weight excluding hydrogens is 292 g/mol. The van der Waals surface area contributed by atoms with Crippen LogP contribution in [-0.4, -0.2) is 19.5 Å². The number of thiophene rings is 1. The molecule has 2 aromatic rings. The predicted molar refractivity (Wildman–Crippen MR) is 84.6 cm³/mol. The summed E-state index contributed by atoms with van der Waals surface area (Å²) in [5, 5.41) is 5.60. The third-order valence-corrected chi connectivity index (χ3v) is 4.10. The first kappa shape index (κ1) is 15.0. The molecule has 106 valence electrons. The number of nitrogens with one attached hydrogen (secondary N) is 2. The third-order valence-electron chi connectivity index (χ3n) is 2.99. The number of amides is 1. The molecule has 1 heterocycles. The zero-order valence-electron chi connectivity index (χ0n) is 11.6. The van der Waals surface area contributed by atoms with Crippen molar-refractivity contribution in [3.05, 3.63) is 51.2 Å². The summed E-state index contributed by atoms with van der Waals surface area (Å²) in [5.41, 5.74) is 1.80. The van der Waals surface area contributed by atoms with E-state index in [0.29, 0.717) is 11.6 Å². The van der Waals surface area contributed by atoms with Gasteiger partial charge in [0.2, 0.25) is 0 Å². The normalized spacial score (nSPS) is 12.2. The maximum Gasteiger partial charge on any atom is 0.279 e. The monoisotopic (exact) mass is 309 g/mol. The second-order valence-electron chi connectivity index (χ2n) is 4.90. The lowest BCUT2D eigenvalue weighted by Crippen LogP contribution is -3.08. The van der Waals surface area contributed by atoms with Crippen molar-refractivity contribution >= 4 is 34.5 Å². The van der Waals surface area contributed by atoms with Crippen LogP contribution in [0.4, 0.5) is 5.69 Å². The van der Waals surface area contributed by atoms with Gasteiger partial charge in [-0.3, -0.25) is 4.79 Å². The fourth-order valence-corrected chi connectivity index (χ4v) is 2.96. The molecule has 1 atom stereocenters. The maximum atomic E-state index is 12.0. The average Bonchev–Trinajstić information content (AvgIpc) is 2.86. The van der Waals surface area contributed by atoms with E-state index < -0.39 is 0 Å². The molecule has 0 saturated carbocycles. The highest BCUT2D eigenvalue weighted by atomic mass is 35.5. The molecule has 0 saturated heterocycles. The highest BCUT2D eigenvalue weighted by molar-refractivity contribution is 7.09. The molecule has 5 heteroatoms. The van der Waals surface area contributed by atoms with Crippen LogP contribution in [0.25, 0.3) is 0 Å². The molecule has 0 bridgehead atoms. The summed E-state index contributed by atoms with van der Waals surface area (Å²) in [5.74, 6) is 0.00410. The van der Waals surface area contributed by atoms with Crippen LogP contribution in [0.2, 0.25) is 5.02 Å². The Morgan fingerprint density at radius 2 is 2.20 bits per heavy atom. The lowest BCUT2D eigenvalue weighted by molar-refractivity contribution is -0.884. The van der Waals surface area contributed by atoms with Crippen molar-refractivity contribution < 1.29 is 9.69 Å². The van der Waals surface area contributed by atoms with Crippen LogP contribution < -0.4 is 10.2 Å². The molecular formula is C15H18ClN2OS+. The van der Waals surface area contributed by atoms with E-state index in [2.05, 4.69) is 16.8 Å². The molecule has 1 aromatic carbocycles. The molecule has 3 nitrogen and oxygen atoms in total. The van der Waals surface area contributed by atoms with Gasteiger partial charge in [-0.25, -0.2) is 0 Å². The SMILES string of the molecule is Cc1ccc(Cl)cc1NC(=O)C[NH+](C)Cc1cccs1. The number of anilines is 1. The number of likely N-dealkylation sites (N-methyl/N-ethyl adjacent to an activating group) is 1. The second-order valence-corrected chi connectivity index (χ2v) is 6.37. The van der Waals surface area contributed by atoms with Crippen LogP contribution in [-0.2, 0) is 11.3 Å². The molecule has 0 aliphatic carbocycles. The highest BCUT2D eigenvalue weighted by Gasteiger charge is 2.12. The molecule has 0 fully saturated rings. The van der Waals surface area contributed by atoms with Gasteiger partial charge in [0.1, 0.15) is 6.54 Å². The van der Waals surface area contributed by atoms with E-state index in [1.54, 1.807) is 17.4 Å². The van der Waals surface area contributed by atoms with Crippen molar-refractivity contribution in [2.45, 2.75) is 13.5 Å². The smallest absolute Gasteiger partial charge is 0.279 e. The van der Waals surface area contributed by atoms with Gasteiger partial charge in [-0.2, -0.15) is 0 Å². The van der Waals surface area contributed by atoms with Gasteiger partial charge < -0.3 is 10.2 Å². The fraction of sp³-hybridized carbons (Fsp3) is 0.267. The Morgan fingerprint density at radius 3 is 2.90 bits per heavy atom. The molecule has 0 spiro atoms. The van der Waals surface area contributed by atoms with Crippen LogP contribution in [0.15, 0.2) is 35.7 Å². The van der Waals surface area contributed by atoms with Crippen molar-refractivity contribution in [2.75, 3.05) is 18.9 Å². The predicted octanol–water partition coefficient (Wildman–Crippen LogP) is 2.36. The van der Waals surface area contributed by atoms with Crippen molar-refractivity contribution in [3.63, 3.8) is 0 Å².